The third-order valence-corrected chi connectivity index (χ3v) is 3.19. The van der Waals surface area contributed by atoms with Gasteiger partial charge in [-0.1, -0.05) is 49.4 Å². The summed E-state index contributed by atoms with van der Waals surface area (Å²) in [6.45, 7) is 2.20. The number of aromatic hydroxyl groups is 1. The van der Waals surface area contributed by atoms with Gasteiger partial charge < -0.3 is 15.2 Å². The van der Waals surface area contributed by atoms with Crippen molar-refractivity contribution >= 4 is 6.09 Å². The summed E-state index contributed by atoms with van der Waals surface area (Å²) in [5.41, 5.74) is 1.80. The van der Waals surface area contributed by atoms with Crippen LogP contribution < -0.4 is 5.32 Å². The van der Waals surface area contributed by atoms with Gasteiger partial charge in [-0.3, -0.25) is 0 Å². The lowest BCUT2D eigenvalue weighted by Gasteiger charge is -2.17. The number of carbonyl (C=O) groups excluding carboxylic acids is 1. The molecule has 2 aromatic rings. The summed E-state index contributed by atoms with van der Waals surface area (Å²) in [6.07, 6.45) is 0.248. The first-order valence-corrected chi connectivity index (χ1v) is 6.95. The highest BCUT2D eigenvalue weighted by atomic mass is 16.5. The van der Waals surface area contributed by atoms with E-state index < -0.39 is 6.09 Å². The molecule has 2 aromatic carbocycles. The molecule has 2 rings (SSSR count). The summed E-state index contributed by atoms with van der Waals surface area (Å²) < 4.78 is 5.20. The van der Waals surface area contributed by atoms with E-state index in [9.17, 15) is 9.90 Å². The number of ether oxygens (including phenoxy) is 1. The molecule has 1 unspecified atom stereocenters. The Kier molecular flexibility index (Phi) is 5.21. The van der Waals surface area contributed by atoms with E-state index >= 15 is 0 Å². The van der Waals surface area contributed by atoms with Crippen LogP contribution in [0.3, 0.4) is 0 Å². The van der Waals surface area contributed by atoms with Gasteiger partial charge in [0.05, 0.1) is 6.04 Å². The first kappa shape index (κ1) is 14.9. The number of nitrogens with one attached hydrogen (secondary N) is 1. The average Bonchev–Trinajstić information content (AvgIpc) is 2.51. The zero-order chi connectivity index (χ0) is 15.1. The first-order valence-electron chi connectivity index (χ1n) is 6.95. The van der Waals surface area contributed by atoms with Crippen LogP contribution in [0, 0.1) is 0 Å². The largest absolute Gasteiger partial charge is 0.508 e. The molecule has 0 heterocycles. The molecule has 0 saturated carbocycles. The predicted molar refractivity (Wildman–Crippen MR) is 80.9 cm³/mol. The molecule has 0 radical (unpaired) electrons. The molecule has 0 bridgehead atoms. The number of amides is 1. The van der Waals surface area contributed by atoms with Gasteiger partial charge in [0.1, 0.15) is 12.4 Å². The molecule has 21 heavy (non-hydrogen) atoms. The van der Waals surface area contributed by atoms with Gasteiger partial charge in [0.25, 0.3) is 0 Å². The van der Waals surface area contributed by atoms with Crippen molar-refractivity contribution in [3.63, 3.8) is 0 Å². The zero-order valence-electron chi connectivity index (χ0n) is 12.0. The maximum Gasteiger partial charge on any atom is 0.407 e. The van der Waals surface area contributed by atoms with E-state index in [0.29, 0.717) is 6.42 Å². The second-order valence-corrected chi connectivity index (χ2v) is 4.76. The van der Waals surface area contributed by atoms with E-state index in [1.54, 1.807) is 18.2 Å². The van der Waals surface area contributed by atoms with Crippen LogP contribution in [0.15, 0.2) is 54.6 Å². The SMILES string of the molecule is CCC(NC(=O)OCc1ccccc1)c1cccc(O)c1. The van der Waals surface area contributed by atoms with Crippen molar-refractivity contribution in [1.82, 2.24) is 5.32 Å². The number of phenolic OH excluding ortho intramolecular Hbond substituents is 1. The number of carbonyl (C=O) groups is 1. The van der Waals surface area contributed by atoms with Gasteiger partial charge in [-0.2, -0.15) is 0 Å². The fraction of sp³-hybridized carbons (Fsp3) is 0.235. The van der Waals surface area contributed by atoms with Crippen LogP contribution in [-0.4, -0.2) is 11.2 Å². The van der Waals surface area contributed by atoms with Crippen molar-refractivity contribution in [1.29, 1.82) is 0 Å². The topological polar surface area (TPSA) is 58.6 Å². The van der Waals surface area contributed by atoms with E-state index in [4.69, 9.17) is 4.74 Å². The molecule has 0 aliphatic carbocycles. The summed E-state index contributed by atoms with van der Waals surface area (Å²) in [7, 11) is 0. The molecule has 0 spiro atoms. The Hall–Kier alpha value is -2.49. The third-order valence-electron chi connectivity index (χ3n) is 3.19. The molecule has 1 atom stereocenters. The molecule has 0 aromatic heterocycles. The minimum atomic E-state index is -0.464. The Balaban J connectivity index is 1.91. The second kappa shape index (κ2) is 7.33. The van der Waals surface area contributed by atoms with Gasteiger partial charge in [0.2, 0.25) is 0 Å². The van der Waals surface area contributed by atoms with Crippen LogP contribution in [0.4, 0.5) is 4.79 Å². The van der Waals surface area contributed by atoms with Crippen molar-refractivity contribution in [2.24, 2.45) is 0 Å². The molecular weight excluding hydrogens is 266 g/mol. The Morgan fingerprint density at radius 1 is 1.19 bits per heavy atom. The highest BCUT2D eigenvalue weighted by molar-refractivity contribution is 5.68. The lowest BCUT2D eigenvalue weighted by molar-refractivity contribution is 0.135. The second-order valence-electron chi connectivity index (χ2n) is 4.76. The van der Waals surface area contributed by atoms with Crippen molar-refractivity contribution in [2.45, 2.75) is 26.0 Å². The summed E-state index contributed by atoms with van der Waals surface area (Å²) >= 11 is 0. The minimum absolute atomic E-state index is 0.180. The smallest absolute Gasteiger partial charge is 0.407 e. The Bertz CT molecular complexity index is 584. The van der Waals surface area contributed by atoms with E-state index in [1.165, 1.54) is 0 Å². The molecule has 0 aliphatic heterocycles. The van der Waals surface area contributed by atoms with E-state index in [2.05, 4.69) is 5.32 Å². The predicted octanol–water partition coefficient (Wildman–Crippen LogP) is 3.77. The van der Waals surface area contributed by atoms with Gasteiger partial charge in [-0.25, -0.2) is 4.79 Å². The molecule has 4 heteroatoms. The van der Waals surface area contributed by atoms with Crippen molar-refractivity contribution < 1.29 is 14.6 Å². The Labute approximate surface area is 124 Å². The number of rotatable bonds is 5. The number of phenols is 1. The molecular formula is C17H19NO3. The van der Waals surface area contributed by atoms with Crippen LogP contribution in [0.5, 0.6) is 5.75 Å². The Morgan fingerprint density at radius 2 is 1.95 bits per heavy atom. The quantitative estimate of drug-likeness (QED) is 0.879. The van der Waals surface area contributed by atoms with Gasteiger partial charge in [0.15, 0.2) is 0 Å². The fourth-order valence-electron chi connectivity index (χ4n) is 2.07. The molecule has 2 N–H and O–H groups in total. The standard InChI is InChI=1S/C17H19NO3/c1-2-16(14-9-6-10-15(19)11-14)18-17(20)21-12-13-7-4-3-5-8-13/h3-11,16,19H,2,12H2,1H3,(H,18,20). The van der Waals surface area contributed by atoms with Gasteiger partial charge in [-0.05, 0) is 29.7 Å². The number of alkyl carbamates (subject to hydrolysis) is 1. The number of hydrogen-bond acceptors (Lipinski definition) is 3. The lowest BCUT2D eigenvalue weighted by Crippen LogP contribution is -2.28. The summed E-state index contributed by atoms with van der Waals surface area (Å²) in [5.74, 6) is 0.186. The molecule has 110 valence electrons. The van der Waals surface area contributed by atoms with Crippen molar-refractivity contribution in [2.75, 3.05) is 0 Å². The van der Waals surface area contributed by atoms with E-state index in [0.717, 1.165) is 11.1 Å². The third kappa shape index (κ3) is 4.53. The highest BCUT2D eigenvalue weighted by Crippen LogP contribution is 2.20. The van der Waals surface area contributed by atoms with Gasteiger partial charge >= 0.3 is 6.09 Å². The average molecular weight is 285 g/mol. The molecule has 1 amide bonds. The van der Waals surface area contributed by atoms with E-state index in [1.807, 2.05) is 43.3 Å². The Morgan fingerprint density at radius 3 is 2.62 bits per heavy atom. The zero-order valence-corrected chi connectivity index (χ0v) is 12.0. The monoisotopic (exact) mass is 285 g/mol. The summed E-state index contributed by atoms with van der Waals surface area (Å²) in [4.78, 5) is 11.8. The van der Waals surface area contributed by atoms with Crippen LogP contribution >= 0.6 is 0 Å². The van der Waals surface area contributed by atoms with E-state index in [-0.39, 0.29) is 18.4 Å². The van der Waals surface area contributed by atoms with Crippen molar-refractivity contribution in [3.05, 3.63) is 65.7 Å². The van der Waals surface area contributed by atoms with Gasteiger partial charge in [-0.15, -0.1) is 0 Å². The minimum Gasteiger partial charge on any atom is -0.508 e. The molecule has 0 saturated heterocycles. The summed E-state index contributed by atoms with van der Waals surface area (Å²) in [5, 5.41) is 12.3. The van der Waals surface area contributed by atoms with Crippen molar-refractivity contribution in [3.8, 4) is 5.75 Å². The molecule has 0 aliphatic rings. The maximum atomic E-state index is 11.8. The van der Waals surface area contributed by atoms with Crippen LogP contribution in [0.1, 0.15) is 30.5 Å². The lowest BCUT2D eigenvalue weighted by atomic mass is 10.0. The maximum absolute atomic E-state index is 11.8. The van der Waals surface area contributed by atoms with Gasteiger partial charge in [0, 0.05) is 0 Å². The number of hydrogen-bond donors (Lipinski definition) is 2. The normalized spacial score (nSPS) is 11.7. The van der Waals surface area contributed by atoms with Crippen LogP contribution in [0.25, 0.3) is 0 Å². The fourth-order valence-corrected chi connectivity index (χ4v) is 2.07. The highest BCUT2D eigenvalue weighted by Gasteiger charge is 2.14. The molecule has 4 nitrogen and oxygen atoms in total. The number of benzene rings is 2. The van der Waals surface area contributed by atoms with Crippen LogP contribution in [0.2, 0.25) is 0 Å². The first-order chi connectivity index (χ1) is 10.2. The molecule has 0 fully saturated rings. The summed E-state index contributed by atoms with van der Waals surface area (Å²) in [6, 6.07) is 16.2. The van der Waals surface area contributed by atoms with Crippen LogP contribution in [-0.2, 0) is 11.3 Å².